The molecule has 0 aliphatic carbocycles. The highest BCUT2D eigenvalue weighted by molar-refractivity contribution is 7.92. The van der Waals surface area contributed by atoms with E-state index in [1.165, 1.54) is 37.4 Å². The summed E-state index contributed by atoms with van der Waals surface area (Å²) in [6.07, 6.45) is -5.42. The van der Waals surface area contributed by atoms with Crippen LogP contribution < -0.4 is 14.9 Å². The molecule has 0 bridgehead atoms. The second-order valence-electron chi connectivity index (χ2n) is 10.4. The summed E-state index contributed by atoms with van der Waals surface area (Å²) in [7, 11) is -2.33. The Balaban J connectivity index is 1.47. The van der Waals surface area contributed by atoms with Gasteiger partial charge in [0.1, 0.15) is 0 Å². The molecule has 7 nitrogen and oxygen atoms in total. The van der Waals surface area contributed by atoms with E-state index in [-0.39, 0.29) is 36.4 Å². The van der Waals surface area contributed by atoms with Crippen LogP contribution in [-0.4, -0.2) is 45.2 Å². The minimum absolute atomic E-state index is 0.0407. The third-order valence-corrected chi connectivity index (χ3v) is 8.90. The van der Waals surface area contributed by atoms with Crippen molar-refractivity contribution in [2.24, 2.45) is 0 Å². The van der Waals surface area contributed by atoms with E-state index in [4.69, 9.17) is 0 Å². The SMILES string of the molecule is CN(c1cccc(C(=O)NC(Cc2ccccc2)C(O)CNCc2ccccc2C(F)(F)F)c1)S(=O)(=O)Cc1ccccc1. The number of rotatable bonds is 13. The quantitative estimate of drug-likeness (QED) is 0.191. The Hall–Kier alpha value is -4.19. The first-order chi connectivity index (χ1) is 20.9. The van der Waals surface area contributed by atoms with Crippen LogP contribution in [0, 0.1) is 0 Å². The number of hydrogen-bond acceptors (Lipinski definition) is 5. The van der Waals surface area contributed by atoms with Crippen LogP contribution in [0.1, 0.15) is 32.6 Å². The lowest BCUT2D eigenvalue weighted by Gasteiger charge is -2.25. The first-order valence-corrected chi connectivity index (χ1v) is 15.5. The molecule has 2 unspecified atom stereocenters. The van der Waals surface area contributed by atoms with Gasteiger partial charge >= 0.3 is 6.18 Å². The topological polar surface area (TPSA) is 98.7 Å². The molecule has 0 heterocycles. The standard InChI is InChI=1S/C33H34F3N3O4S/c1-39(44(42,43)23-25-13-6-3-7-14-25)28-17-10-16-26(20-28)32(41)38-30(19-24-11-4-2-5-12-24)31(40)22-37-21-27-15-8-9-18-29(27)33(34,35)36/h2-18,20,30-31,37,40H,19,21-23H2,1H3,(H,38,41). The van der Waals surface area contributed by atoms with Gasteiger partial charge in [-0.15, -0.1) is 0 Å². The summed E-state index contributed by atoms with van der Waals surface area (Å²) in [5.41, 5.74) is 1.22. The second-order valence-corrected chi connectivity index (χ2v) is 12.4. The third kappa shape index (κ3) is 8.91. The molecule has 2 atom stereocenters. The van der Waals surface area contributed by atoms with Crippen molar-refractivity contribution in [1.82, 2.24) is 10.6 Å². The number of nitrogens with zero attached hydrogens (tertiary/aromatic N) is 1. The number of sulfonamides is 1. The summed E-state index contributed by atoms with van der Waals surface area (Å²) in [5.74, 6) is -0.755. The normalized spacial score (nSPS) is 13.2. The summed E-state index contributed by atoms with van der Waals surface area (Å²) >= 11 is 0. The average molecular weight is 626 g/mol. The van der Waals surface area contributed by atoms with Gasteiger partial charge in [0, 0.05) is 25.7 Å². The first kappa shape index (κ1) is 32.7. The van der Waals surface area contributed by atoms with E-state index in [2.05, 4.69) is 10.6 Å². The van der Waals surface area contributed by atoms with Gasteiger partial charge in [-0.05, 0) is 47.4 Å². The first-order valence-electron chi connectivity index (χ1n) is 13.9. The zero-order valence-electron chi connectivity index (χ0n) is 24.0. The van der Waals surface area contributed by atoms with E-state index in [0.29, 0.717) is 11.3 Å². The van der Waals surface area contributed by atoms with Crippen molar-refractivity contribution in [2.45, 2.75) is 37.0 Å². The van der Waals surface area contributed by atoms with Crippen molar-refractivity contribution < 1.29 is 31.5 Å². The zero-order valence-corrected chi connectivity index (χ0v) is 24.9. The summed E-state index contributed by atoms with van der Waals surface area (Å²) in [5, 5.41) is 16.8. The molecular weight excluding hydrogens is 591 g/mol. The molecule has 11 heteroatoms. The van der Waals surface area contributed by atoms with Crippen LogP contribution in [0.25, 0.3) is 0 Å². The predicted octanol–water partition coefficient (Wildman–Crippen LogP) is 5.16. The molecule has 0 saturated carbocycles. The predicted molar refractivity (Wildman–Crippen MR) is 164 cm³/mol. The van der Waals surface area contributed by atoms with Crippen molar-refractivity contribution in [2.75, 3.05) is 17.9 Å². The van der Waals surface area contributed by atoms with Crippen molar-refractivity contribution in [1.29, 1.82) is 0 Å². The molecule has 44 heavy (non-hydrogen) atoms. The molecule has 0 fully saturated rings. The van der Waals surface area contributed by atoms with Gasteiger partial charge in [-0.3, -0.25) is 9.10 Å². The van der Waals surface area contributed by atoms with Crippen molar-refractivity contribution >= 4 is 21.6 Å². The van der Waals surface area contributed by atoms with Crippen LogP contribution in [0.15, 0.2) is 109 Å². The maximum absolute atomic E-state index is 13.4. The van der Waals surface area contributed by atoms with E-state index in [1.807, 2.05) is 30.3 Å². The fraction of sp³-hybridized carbons (Fsp3) is 0.242. The third-order valence-electron chi connectivity index (χ3n) is 7.15. The second kappa shape index (κ2) is 14.5. The highest BCUT2D eigenvalue weighted by Gasteiger charge is 2.33. The Morgan fingerprint density at radius 1 is 0.864 bits per heavy atom. The van der Waals surface area contributed by atoms with E-state index in [0.717, 1.165) is 15.9 Å². The van der Waals surface area contributed by atoms with E-state index in [1.54, 1.807) is 42.5 Å². The minimum Gasteiger partial charge on any atom is -0.390 e. The highest BCUT2D eigenvalue weighted by atomic mass is 32.2. The number of halogens is 3. The average Bonchev–Trinajstić information content (AvgIpc) is 3.01. The molecule has 0 spiro atoms. The lowest BCUT2D eigenvalue weighted by Crippen LogP contribution is -2.48. The Morgan fingerprint density at radius 3 is 2.14 bits per heavy atom. The monoisotopic (exact) mass is 625 g/mol. The van der Waals surface area contributed by atoms with Gasteiger partial charge in [-0.2, -0.15) is 13.2 Å². The van der Waals surface area contributed by atoms with Gasteiger partial charge in [0.25, 0.3) is 5.91 Å². The molecule has 4 aromatic carbocycles. The molecule has 0 radical (unpaired) electrons. The van der Waals surface area contributed by atoms with Gasteiger partial charge in [0.2, 0.25) is 10.0 Å². The van der Waals surface area contributed by atoms with Crippen LogP contribution in [0.3, 0.4) is 0 Å². The van der Waals surface area contributed by atoms with Crippen molar-refractivity contribution in [3.8, 4) is 0 Å². The Kier molecular flexibility index (Phi) is 10.8. The fourth-order valence-corrected chi connectivity index (χ4v) is 5.98. The van der Waals surface area contributed by atoms with E-state index < -0.39 is 39.8 Å². The van der Waals surface area contributed by atoms with Crippen LogP contribution in [0.2, 0.25) is 0 Å². The largest absolute Gasteiger partial charge is 0.416 e. The van der Waals surface area contributed by atoms with Gasteiger partial charge < -0.3 is 15.7 Å². The fourth-order valence-electron chi connectivity index (χ4n) is 4.74. The number of aliphatic hydroxyl groups is 1. The van der Waals surface area contributed by atoms with Crippen LogP contribution in [-0.2, 0) is 34.9 Å². The Labute approximate surface area is 255 Å². The van der Waals surface area contributed by atoms with Gasteiger partial charge in [-0.1, -0.05) is 84.9 Å². The van der Waals surface area contributed by atoms with Gasteiger partial charge in [-0.25, -0.2) is 8.42 Å². The molecule has 0 aromatic heterocycles. The van der Waals surface area contributed by atoms with Crippen molar-refractivity contribution in [3.63, 3.8) is 0 Å². The number of amides is 1. The molecule has 4 rings (SSSR count). The number of nitrogens with one attached hydrogen (secondary N) is 2. The Bertz CT molecular complexity index is 1640. The lowest BCUT2D eigenvalue weighted by atomic mass is 10.00. The van der Waals surface area contributed by atoms with E-state index in [9.17, 15) is 31.5 Å². The number of anilines is 1. The van der Waals surface area contributed by atoms with E-state index >= 15 is 0 Å². The van der Waals surface area contributed by atoms with Crippen LogP contribution in [0.4, 0.5) is 18.9 Å². The molecular formula is C33H34F3N3O4S. The van der Waals surface area contributed by atoms with Gasteiger partial charge in [0.05, 0.1) is 29.1 Å². The minimum atomic E-state index is -4.51. The number of hydrogen-bond donors (Lipinski definition) is 3. The molecule has 4 aromatic rings. The maximum Gasteiger partial charge on any atom is 0.416 e. The number of benzene rings is 4. The lowest BCUT2D eigenvalue weighted by molar-refractivity contribution is -0.138. The Morgan fingerprint density at radius 2 is 1.48 bits per heavy atom. The maximum atomic E-state index is 13.4. The smallest absolute Gasteiger partial charge is 0.390 e. The molecule has 0 aliphatic rings. The summed E-state index contributed by atoms with van der Waals surface area (Å²) in [6, 6.07) is 28.4. The number of carbonyl (C=O) groups excluding carboxylic acids is 1. The number of aliphatic hydroxyl groups excluding tert-OH is 1. The van der Waals surface area contributed by atoms with Crippen molar-refractivity contribution in [3.05, 3.63) is 137 Å². The zero-order chi connectivity index (χ0) is 31.7. The molecule has 0 saturated heterocycles. The molecule has 1 amide bonds. The molecule has 232 valence electrons. The van der Waals surface area contributed by atoms with Gasteiger partial charge in [0.15, 0.2) is 0 Å². The highest BCUT2D eigenvalue weighted by Crippen LogP contribution is 2.31. The summed E-state index contributed by atoms with van der Waals surface area (Å²) < 4.78 is 67.4. The molecule has 3 N–H and O–H groups in total. The number of alkyl halides is 3. The number of carbonyl (C=O) groups is 1. The van der Waals surface area contributed by atoms with Crippen LogP contribution in [0.5, 0.6) is 0 Å². The van der Waals surface area contributed by atoms with Crippen LogP contribution >= 0.6 is 0 Å². The summed E-state index contributed by atoms with van der Waals surface area (Å²) in [4.78, 5) is 13.4. The summed E-state index contributed by atoms with van der Waals surface area (Å²) in [6.45, 7) is -0.227. The molecule has 0 aliphatic heterocycles.